The van der Waals surface area contributed by atoms with Crippen LogP contribution in [0.3, 0.4) is 0 Å². The molecule has 0 unspecified atom stereocenters. The lowest BCUT2D eigenvalue weighted by Crippen LogP contribution is -2.50. The smallest absolute Gasteiger partial charge is 0.314 e. The zero-order valence-electron chi connectivity index (χ0n) is 14.5. The highest BCUT2D eigenvalue weighted by Gasteiger charge is 2.21. The Kier molecular flexibility index (Phi) is 7.84. The van der Waals surface area contributed by atoms with Gasteiger partial charge in [0.15, 0.2) is 5.96 Å². The Hall–Kier alpha value is -1.96. The fourth-order valence-corrected chi connectivity index (χ4v) is 3.36. The first-order chi connectivity index (χ1) is 12.1. The third-order valence-electron chi connectivity index (χ3n) is 3.94. The lowest BCUT2D eigenvalue weighted by Gasteiger charge is -2.32. The quantitative estimate of drug-likeness (QED) is 0.311. The molecule has 0 aromatic heterocycles. The topological polar surface area (TPSA) is 82.8 Å². The van der Waals surface area contributed by atoms with Crippen molar-refractivity contribution in [3.05, 3.63) is 30.1 Å². The Morgan fingerprint density at radius 3 is 2.64 bits per heavy atom. The van der Waals surface area contributed by atoms with Gasteiger partial charge in [0.2, 0.25) is 0 Å². The number of hydrogen-bond donors (Lipinski definition) is 3. The van der Waals surface area contributed by atoms with Gasteiger partial charge in [0.1, 0.15) is 5.82 Å². The number of amides is 2. The largest absolute Gasteiger partial charge is 0.357 e. The number of likely N-dealkylation sites (tertiary alicyclic amines) is 1. The molecule has 0 bridgehead atoms. The molecule has 138 valence electrons. The molecule has 1 fully saturated rings. The van der Waals surface area contributed by atoms with Crippen LogP contribution in [0.1, 0.15) is 19.8 Å². The van der Waals surface area contributed by atoms with Gasteiger partial charge in [-0.05, 0) is 44.0 Å². The third kappa shape index (κ3) is 6.81. The number of carbonyl (C=O) groups excluding carboxylic acids is 1. The Morgan fingerprint density at radius 2 is 2.04 bits per heavy atom. The number of carbonyl (C=O) groups is 1. The van der Waals surface area contributed by atoms with E-state index >= 15 is 0 Å². The number of aliphatic imine (C=N–C) groups is 1. The number of halogens is 1. The van der Waals surface area contributed by atoms with Crippen LogP contribution < -0.4 is 16.4 Å². The highest BCUT2D eigenvalue weighted by molar-refractivity contribution is 7.99. The van der Waals surface area contributed by atoms with Crippen LogP contribution >= 0.6 is 11.8 Å². The number of guanidine groups is 1. The van der Waals surface area contributed by atoms with Gasteiger partial charge in [-0.1, -0.05) is 0 Å². The summed E-state index contributed by atoms with van der Waals surface area (Å²) in [7, 11) is 0. The second-order valence-electron chi connectivity index (χ2n) is 5.81. The molecule has 2 rings (SSSR count). The van der Waals surface area contributed by atoms with E-state index < -0.39 is 0 Å². The molecule has 1 saturated heterocycles. The van der Waals surface area contributed by atoms with Gasteiger partial charge >= 0.3 is 6.03 Å². The first-order valence-corrected chi connectivity index (χ1v) is 9.54. The van der Waals surface area contributed by atoms with Crippen LogP contribution in [-0.2, 0) is 0 Å². The van der Waals surface area contributed by atoms with Crippen molar-refractivity contribution in [1.82, 2.24) is 15.5 Å². The van der Waals surface area contributed by atoms with Crippen molar-refractivity contribution in [2.45, 2.75) is 30.7 Å². The first-order valence-electron chi connectivity index (χ1n) is 8.56. The van der Waals surface area contributed by atoms with E-state index in [1.54, 1.807) is 28.8 Å². The number of rotatable bonds is 6. The van der Waals surface area contributed by atoms with E-state index in [1.807, 2.05) is 6.92 Å². The molecule has 0 aliphatic carbocycles. The summed E-state index contributed by atoms with van der Waals surface area (Å²) in [4.78, 5) is 18.5. The fraction of sp³-hybridized carbons (Fsp3) is 0.529. The maximum Gasteiger partial charge on any atom is 0.314 e. The molecule has 1 aromatic carbocycles. The van der Waals surface area contributed by atoms with Crippen LogP contribution in [0, 0.1) is 5.82 Å². The normalized spacial score (nSPS) is 15.9. The Labute approximate surface area is 152 Å². The number of hydrogen-bond acceptors (Lipinski definition) is 3. The number of nitrogens with one attached hydrogen (secondary N) is 2. The number of nitrogens with zero attached hydrogens (tertiary/aromatic N) is 2. The molecular weight excluding hydrogens is 341 g/mol. The van der Waals surface area contributed by atoms with Crippen molar-refractivity contribution >= 4 is 23.8 Å². The number of piperidine rings is 1. The summed E-state index contributed by atoms with van der Waals surface area (Å²) in [5, 5.41) is 6.67. The highest BCUT2D eigenvalue weighted by Crippen LogP contribution is 2.17. The van der Waals surface area contributed by atoms with Gasteiger partial charge in [0, 0.05) is 36.3 Å². The zero-order valence-corrected chi connectivity index (χ0v) is 15.3. The van der Waals surface area contributed by atoms with Crippen molar-refractivity contribution in [2.75, 3.05) is 31.9 Å². The molecule has 2 amide bonds. The molecule has 0 saturated carbocycles. The van der Waals surface area contributed by atoms with Crippen LogP contribution in [0.2, 0.25) is 0 Å². The molecule has 0 radical (unpaired) electrons. The van der Waals surface area contributed by atoms with E-state index in [4.69, 9.17) is 5.73 Å². The van der Waals surface area contributed by atoms with E-state index in [0.29, 0.717) is 19.6 Å². The summed E-state index contributed by atoms with van der Waals surface area (Å²) in [6.07, 6.45) is 1.72. The first kappa shape index (κ1) is 19.4. The zero-order chi connectivity index (χ0) is 18.1. The van der Waals surface area contributed by atoms with Gasteiger partial charge in [0.25, 0.3) is 0 Å². The molecule has 0 atom stereocenters. The van der Waals surface area contributed by atoms with Crippen molar-refractivity contribution in [3.8, 4) is 0 Å². The summed E-state index contributed by atoms with van der Waals surface area (Å²) in [5.41, 5.74) is 5.31. The maximum atomic E-state index is 12.9. The molecule has 1 aliphatic rings. The van der Waals surface area contributed by atoms with Gasteiger partial charge in [-0.25, -0.2) is 9.18 Å². The van der Waals surface area contributed by atoms with E-state index in [9.17, 15) is 9.18 Å². The average Bonchev–Trinajstić information content (AvgIpc) is 2.61. The minimum Gasteiger partial charge on any atom is -0.357 e. The van der Waals surface area contributed by atoms with Gasteiger partial charge in [0.05, 0.1) is 6.54 Å². The average molecular weight is 367 g/mol. The Morgan fingerprint density at radius 1 is 1.36 bits per heavy atom. The molecule has 0 spiro atoms. The van der Waals surface area contributed by atoms with Gasteiger partial charge in [-0.15, -0.1) is 11.8 Å². The number of primary amides is 1. The number of thioether (sulfide) groups is 1. The summed E-state index contributed by atoms with van der Waals surface area (Å²) in [6, 6.07) is 6.43. The molecule has 4 N–H and O–H groups in total. The summed E-state index contributed by atoms with van der Waals surface area (Å²) in [5.74, 6) is 1.39. The minimum absolute atomic E-state index is 0.219. The molecular formula is C17H26FN5OS. The molecule has 1 aliphatic heterocycles. The van der Waals surface area contributed by atoms with Gasteiger partial charge in [-0.2, -0.15) is 0 Å². The predicted molar refractivity (Wildman–Crippen MR) is 100 cm³/mol. The van der Waals surface area contributed by atoms with Crippen LogP contribution in [0.25, 0.3) is 0 Å². The molecule has 1 heterocycles. The molecule has 6 nitrogen and oxygen atoms in total. The second-order valence-corrected chi connectivity index (χ2v) is 6.98. The number of urea groups is 1. The Balaban J connectivity index is 1.76. The standard InChI is InChI=1S/C17H26FN5OS/c1-2-20-17(22-14-7-10-23(11-8-14)16(19)24)21-9-12-25-15-5-3-13(18)4-6-15/h3-6,14H,2,7-12H2,1H3,(H2,19,24)(H2,20,21,22). The van der Waals surface area contributed by atoms with E-state index in [2.05, 4.69) is 15.6 Å². The number of nitrogens with two attached hydrogens (primary N) is 1. The monoisotopic (exact) mass is 367 g/mol. The van der Waals surface area contributed by atoms with E-state index in [-0.39, 0.29) is 17.9 Å². The molecule has 1 aromatic rings. The summed E-state index contributed by atoms with van der Waals surface area (Å²) in [6.45, 7) is 4.83. The van der Waals surface area contributed by atoms with Crippen molar-refractivity contribution in [1.29, 1.82) is 0 Å². The van der Waals surface area contributed by atoms with Crippen LogP contribution in [-0.4, -0.2) is 54.9 Å². The fourth-order valence-electron chi connectivity index (χ4n) is 2.61. The SMILES string of the molecule is CCNC(=NCCSc1ccc(F)cc1)NC1CCN(C(N)=O)CC1. The second kappa shape index (κ2) is 10.1. The summed E-state index contributed by atoms with van der Waals surface area (Å²) >= 11 is 1.65. The highest BCUT2D eigenvalue weighted by atomic mass is 32.2. The predicted octanol–water partition coefficient (Wildman–Crippen LogP) is 2.02. The lowest BCUT2D eigenvalue weighted by atomic mass is 10.1. The third-order valence-corrected chi connectivity index (χ3v) is 4.93. The van der Waals surface area contributed by atoms with Crippen molar-refractivity contribution < 1.29 is 9.18 Å². The van der Waals surface area contributed by atoms with Crippen LogP contribution in [0.4, 0.5) is 9.18 Å². The van der Waals surface area contributed by atoms with Crippen molar-refractivity contribution in [2.24, 2.45) is 10.7 Å². The van der Waals surface area contributed by atoms with Gasteiger partial charge < -0.3 is 21.3 Å². The van der Waals surface area contributed by atoms with Crippen LogP contribution in [0.15, 0.2) is 34.2 Å². The van der Waals surface area contributed by atoms with E-state index in [0.717, 1.165) is 36.0 Å². The molecule has 25 heavy (non-hydrogen) atoms. The lowest BCUT2D eigenvalue weighted by molar-refractivity contribution is 0.188. The van der Waals surface area contributed by atoms with Gasteiger partial charge in [-0.3, -0.25) is 4.99 Å². The Bertz CT molecular complexity index is 573. The molecule has 8 heteroatoms. The van der Waals surface area contributed by atoms with E-state index in [1.165, 1.54) is 12.1 Å². The maximum absolute atomic E-state index is 12.9. The summed E-state index contributed by atoms with van der Waals surface area (Å²) < 4.78 is 12.9. The van der Waals surface area contributed by atoms with Crippen molar-refractivity contribution in [3.63, 3.8) is 0 Å². The minimum atomic E-state index is -0.350. The number of benzene rings is 1. The van der Waals surface area contributed by atoms with Crippen LogP contribution in [0.5, 0.6) is 0 Å².